The number of carbonyl (C=O) groups is 1. The van der Waals surface area contributed by atoms with Gasteiger partial charge in [-0.25, -0.2) is 4.79 Å². The summed E-state index contributed by atoms with van der Waals surface area (Å²) < 4.78 is 5.76. The number of hydrogen-bond donors (Lipinski definition) is 1. The molecular formula is C16H23N3O2. The van der Waals surface area contributed by atoms with Crippen LogP contribution in [0.2, 0.25) is 0 Å². The molecule has 5 heteroatoms. The normalized spacial score (nSPS) is 20.5. The average molecular weight is 289 g/mol. The molecule has 2 amide bonds. The maximum Gasteiger partial charge on any atom is 0.317 e. The first-order valence-electron chi connectivity index (χ1n) is 7.93. The van der Waals surface area contributed by atoms with E-state index < -0.39 is 0 Å². The molecule has 1 aromatic rings. The number of nitrogens with one attached hydrogen (secondary N) is 1. The van der Waals surface area contributed by atoms with Crippen LogP contribution in [0.1, 0.15) is 38.5 Å². The highest BCUT2D eigenvalue weighted by molar-refractivity contribution is 5.75. The summed E-state index contributed by atoms with van der Waals surface area (Å²) in [5.41, 5.74) is 0. The van der Waals surface area contributed by atoms with Crippen molar-refractivity contribution >= 4 is 6.03 Å². The van der Waals surface area contributed by atoms with Gasteiger partial charge in [0.15, 0.2) is 0 Å². The molecule has 0 atom stereocenters. The van der Waals surface area contributed by atoms with E-state index in [1.165, 1.54) is 25.7 Å². The van der Waals surface area contributed by atoms with Crippen molar-refractivity contribution in [3.8, 4) is 5.75 Å². The van der Waals surface area contributed by atoms with Gasteiger partial charge in [-0.15, -0.1) is 0 Å². The van der Waals surface area contributed by atoms with Gasteiger partial charge in [0.05, 0.1) is 19.3 Å². The SMILES string of the molecule is O=C(NC1CCCCCC1)N1CC(Oc2cccnc2)C1. The molecular weight excluding hydrogens is 266 g/mol. The minimum atomic E-state index is 0.0629. The lowest BCUT2D eigenvalue weighted by atomic mass is 10.1. The Bertz CT molecular complexity index is 452. The largest absolute Gasteiger partial charge is 0.485 e. The molecule has 0 spiro atoms. The van der Waals surface area contributed by atoms with Crippen molar-refractivity contribution in [3.05, 3.63) is 24.5 Å². The predicted molar refractivity (Wildman–Crippen MR) is 80.2 cm³/mol. The van der Waals surface area contributed by atoms with Crippen LogP contribution in [0.15, 0.2) is 24.5 Å². The van der Waals surface area contributed by atoms with Gasteiger partial charge in [-0.2, -0.15) is 0 Å². The van der Waals surface area contributed by atoms with Crippen LogP contribution in [0.25, 0.3) is 0 Å². The van der Waals surface area contributed by atoms with E-state index >= 15 is 0 Å². The number of aromatic nitrogens is 1. The number of amides is 2. The van der Waals surface area contributed by atoms with Gasteiger partial charge in [-0.3, -0.25) is 4.98 Å². The fourth-order valence-electron chi connectivity index (χ4n) is 2.98. The van der Waals surface area contributed by atoms with Crippen LogP contribution < -0.4 is 10.1 Å². The van der Waals surface area contributed by atoms with Crippen molar-refractivity contribution in [2.45, 2.75) is 50.7 Å². The fraction of sp³-hybridized carbons (Fsp3) is 0.625. The number of rotatable bonds is 3. The minimum Gasteiger partial charge on any atom is -0.485 e. The zero-order valence-corrected chi connectivity index (χ0v) is 12.3. The molecule has 1 saturated carbocycles. The number of ether oxygens (including phenoxy) is 1. The number of carbonyl (C=O) groups excluding carboxylic acids is 1. The van der Waals surface area contributed by atoms with Gasteiger partial charge in [0.1, 0.15) is 11.9 Å². The van der Waals surface area contributed by atoms with Crippen LogP contribution in [-0.4, -0.2) is 41.2 Å². The molecule has 2 fully saturated rings. The highest BCUT2D eigenvalue weighted by atomic mass is 16.5. The standard InChI is InChI=1S/C16H23N3O2/c20-16(18-13-6-3-1-2-4-7-13)19-11-15(12-19)21-14-8-5-9-17-10-14/h5,8-10,13,15H,1-4,6-7,11-12H2,(H,18,20). The van der Waals surface area contributed by atoms with E-state index in [2.05, 4.69) is 10.3 Å². The third-order valence-corrected chi connectivity index (χ3v) is 4.26. The predicted octanol–water partition coefficient (Wildman–Crippen LogP) is 2.58. The first kappa shape index (κ1) is 14.2. The maximum atomic E-state index is 12.2. The fourth-order valence-corrected chi connectivity index (χ4v) is 2.98. The van der Waals surface area contributed by atoms with Crippen molar-refractivity contribution < 1.29 is 9.53 Å². The van der Waals surface area contributed by atoms with Crippen LogP contribution in [-0.2, 0) is 0 Å². The summed E-state index contributed by atoms with van der Waals surface area (Å²) in [7, 11) is 0. The number of urea groups is 1. The van der Waals surface area contributed by atoms with Crippen molar-refractivity contribution in [2.75, 3.05) is 13.1 Å². The Labute approximate surface area is 125 Å². The molecule has 2 heterocycles. The molecule has 3 rings (SSSR count). The van der Waals surface area contributed by atoms with Crippen molar-refractivity contribution in [1.29, 1.82) is 0 Å². The van der Waals surface area contributed by atoms with E-state index in [-0.39, 0.29) is 12.1 Å². The van der Waals surface area contributed by atoms with Gasteiger partial charge in [-0.1, -0.05) is 25.7 Å². The summed E-state index contributed by atoms with van der Waals surface area (Å²) in [5.74, 6) is 0.770. The molecule has 21 heavy (non-hydrogen) atoms. The quantitative estimate of drug-likeness (QED) is 0.870. The Kier molecular flexibility index (Phi) is 4.58. The second-order valence-electron chi connectivity index (χ2n) is 5.97. The van der Waals surface area contributed by atoms with Gasteiger partial charge in [0.25, 0.3) is 0 Å². The zero-order chi connectivity index (χ0) is 14.5. The molecule has 1 saturated heterocycles. The summed E-state index contributed by atoms with van der Waals surface area (Å²) >= 11 is 0. The Morgan fingerprint density at radius 3 is 2.67 bits per heavy atom. The van der Waals surface area contributed by atoms with Crippen LogP contribution in [0, 0.1) is 0 Å². The smallest absolute Gasteiger partial charge is 0.317 e. The molecule has 1 N–H and O–H groups in total. The molecule has 0 bridgehead atoms. The second-order valence-corrected chi connectivity index (χ2v) is 5.97. The summed E-state index contributed by atoms with van der Waals surface area (Å²) in [5, 5.41) is 3.16. The molecule has 2 aliphatic rings. The molecule has 1 aliphatic carbocycles. The van der Waals surface area contributed by atoms with Gasteiger partial charge in [0.2, 0.25) is 0 Å². The molecule has 5 nitrogen and oxygen atoms in total. The molecule has 1 aromatic heterocycles. The van der Waals surface area contributed by atoms with Gasteiger partial charge in [0, 0.05) is 12.2 Å². The van der Waals surface area contributed by atoms with Gasteiger partial charge < -0.3 is 15.0 Å². The monoisotopic (exact) mass is 289 g/mol. The first-order valence-corrected chi connectivity index (χ1v) is 7.93. The lowest BCUT2D eigenvalue weighted by Crippen LogP contribution is -2.60. The van der Waals surface area contributed by atoms with E-state index in [9.17, 15) is 4.79 Å². The zero-order valence-electron chi connectivity index (χ0n) is 12.3. The van der Waals surface area contributed by atoms with Crippen molar-refractivity contribution in [3.63, 3.8) is 0 Å². The average Bonchev–Trinajstić information content (AvgIpc) is 2.72. The third kappa shape index (κ3) is 3.86. The number of likely N-dealkylation sites (tertiary alicyclic amines) is 1. The maximum absolute atomic E-state index is 12.2. The Morgan fingerprint density at radius 1 is 1.24 bits per heavy atom. The lowest BCUT2D eigenvalue weighted by molar-refractivity contribution is 0.0430. The van der Waals surface area contributed by atoms with E-state index in [0.29, 0.717) is 19.1 Å². The van der Waals surface area contributed by atoms with Gasteiger partial charge in [-0.05, 0) is 25.0 Å². The topological polar surface area (TPSA) is 54.5 Å². The van der Waals surface area contributed by atoms with Crippen molar-refractivity contribution in [1.82, 2.24) is 15.2 Å². The number of pyridine rings is 1. The van der Waals surface area contributed by atoms with Crippen LogP contribution in [0.3, 0.4) is 0 Å². The summed E-state index contributed by atoms with van der Waals surface area (Å²) in [4.78, 5) is 18.0. The first-order chi connectivity index (χ1) is 10.3. The molecule has 0 unspecified atom stereocenters. The van der Waals surface area contributed by atoms with Crippen LogP contribution in [0.4, 0.5) is 4.79 Å². The number of hydrogen-bond acceptors (Lipinski definition) is 3. The second kappa shape index (κ2) is 6.78. The molecule has 114 valence electrons. The van der Waals surface area contributed by atoms with Crippen molar-refractivity contribution in [2.24, 2.45) is 0 Å². The lowest BCUT2D eigenvalue weighted by Gasteiger charge is -2.39. The van der Waals surface area contributed by atoms with Crippen LogP contribution >= 0.6 is 0 Å². The van der Waals surface area contributed by atoms with Crippen LogP contribution in [0.5, 0.6) is 5.75 Å². The Hall–Kier alpha value is -1.78. The summed E-state index contributed by atoms with van der Waals surface area (Å²) in [6, 6.07) is 4.16. The Morgan fingerprint density at radius 2 is 2.00 bits per heavy atom. The van der Waals surface area contributed by atoms with Gasteiger partial charge >= 0.3 is 6.03 Å². The molecule has 0 aromatic carbocycles. The highest BCUT2D eigenvalue weighted by Crippen LogP contribution is 2.19. The molecule has 0 radical (unpaired) electrons. The number of nitrogens with zero attached hydrogens (tertiary/aromatic N) is 2. The van der Waals surface area contributed by atoms with E-state index in [0.717, 1.165) is 18.6 Å². The third-order valence-electron chi connectivity index (χ3n) is 4.26. The summed E-state index contributed by atoms with van der Waals surface area (Å²) in [6.07, 6.45) is 10.8. The Balaban J connectivity index is 1.40. The van der Waals surface area contributed by atoms with E-state index in [1.54, 1.807) is 12.4 Å². The highest BCUT2D eigenvalue weighted by Gasteiger charge is 2.33. The molecule has 1 aliphatic heterocycles. The summed E-state index contributed by atoms with van der Waals surface area (Å²) in [6.45, 7) is 1.32. The minimum absolute atomic E-state index is 0.0629. The van der Waals surface area contributed by atoms with E-state index in [4.69, 9.17) is 4.74 Å². The van der Waals surface area contributed by atoms with E-state index in [1.807, 2.05) is 17.0 Å².